The van der Waals surface area contributed by atoms with Crippen LogP contribution < -0.4 is 5.32 Å². The average molecular weight is 611 g/mol. The van der Waals surface area contributed by atoms with E-state index in [0.717, 1.165) is 34.4 Å². The highest BCUT2D eigenvalue weighted by molar-refractivity contribution is 7.98. The van der Waals surface area contributed by atoms with E-state index in [1.54, 1.807) is 28.2 Å². The largest absolute Gasteiger partial charge is 0.480 e. The molecule has 0 aliphatic carbocycles. The zero-order chi connectivity index (χ0) is 30.5. The van der Waals surface area contributed by atoms with Gasteiger partial charge in [0.2, 0.25) is 10.0 Å². The Morgan fingerprint density at radius 3 is 2.33 bits per heavy atom. The number of hydrogen-bond acceptors (Lipinski definition) is 5. The van der Waals surface area contributed by atoms with E-state index in [-0.39, 0.29) is 12.3 Å². The van der Waals surface area contributed by atoms with Crippen LogP contribution in [-0.4, -0.2) is 60.1 Å². The fourth-order valence-corrected chi connectivity index (χ4v) is 6.87. The van der Waals surface area contributed by atoms with E-state index < -0.39 is 27.9 Å². The SMILES string of the molecule is CCCCS(=O)(=O)N(CCc1ccccc1)Cc1ccc(C(=O)N[C@@H](CCCSC)C(=O)O)c(-c2ccccc2C)c1. The first-order valence-electron chi connectivity index (χ1n) is 14.4. The molecule has 42 heavy (non-hydrogen) atoms. The molecule has 9 heteroatoms. The molecule has 1 amide bonds. The summed E-state index contributed by atoms with van der Waals surface area (Å²) in [6.07, 6.45) is 4.92. The quantitative estimate of drug-likeness (QED) is 0.177. The Morgan fingerprint density at radius 1 is 0.952 bits per heavy atom. The molecule has 0 unspecified atom stereocenters. The standard InChI is InChI=1S/C33H42N2O5S2/c1-4-5-22-42(39,40)35(20-19-26-13-7-6-8-14-26)24-27-17-18-29(30(23-27)28-15-10-9-12-25(28)2)32(36)34-31(33(37)38)16-11-21-41-3/h6-10,12-15,17-18,23,31H,4-5,11,16,19-22,24H2,1-3H3,(H,34,36)(H,37,38)/t31-/m0/s1. The van der Waals surface area contributed by atoms with Gasteiger partial charge in [-0.3, -0.25) is 4.79 Å². The van der Waals surface area contributed by atoms with Crippen molar-refractivity contribution in [2.75, 3.05) is 24.3 Å². The van der Waals surface area contributed by atoms with Gasteiger partial charge in [0.25, 0.3) is 5.91 Å². The van der Waals surface area contributed by atoms with Crippen LogP contribution in [0.2, 0.25) is 0 Å². The van der Waals surface area contributed by atoms with Gasteiger partial charge in [0.1, 0.15) is 6.04 Å². The maximum atomic E-state index is 13.5. The third kappa shape index (κ3) is 9.71. The molecule has 0 radical (unpaired) electrons. The van der Waals surface area contributed by atoms with Gasteiger partial charge in [-0.15, -0.1) is 0 Å². The van der Waals surface area contributed by atoms with Gasteiger partial charge in [0.15, 0.2) is 0 Å². The lowest BCUT2D eigenvalue weighted by Crippen LogP contribution is -2.41. The molecule has 0 fully saturated rings. The zero-order valence-corrected chi connectivity index (χ0v) is 26.3. The molecule has 7 nitrogen and oxygen atoms in total. The van der Waals surface area contributed by atoms with Crippen LogP contribution in [0.4, 0.5) is 0 Å². The Kier molecular flexibility index (Phi) is 13.1. The number of aryl methyl sites for hydroxylation is 1. The number of thioether (sulfide) groups is 1. The highest BCUT2D eigenvalue weighted by Crippen LogP contribution is 2.29. The molecule has 0 saturated carbocycles. The number of benzene rings is 3. The van der Waals surface area contributed by atoms with Crippen molar-refractivity contribution in [2.24, 2.45) is 0 Å². The summed E-state index contributed by atoms with van der Waals surface area (Å²) in [6.45, 7) is 4.44. The Labute approximate surface area is 254 Å². The van der Waals surface area contributed by atoms with Gasteiger partial charge in [0.05, 0.1) is 5.75 Å². The molecular weight excluding hydrogens is 569 g/mol. The summed E-state index contributed by atoms with van der Waals surface area (Å²) < 4.78 is 28.3. The second kappa shape index (κ2) is 16.5. The van der Waals surface area contributed by atoms with Crippen molar-refractivity contribution in [3.05, 3.63) is 95.1 Å². The average Bonchev–Trinajstić information content (AvgIpc) is 2.98. The number of amides is 1. The minimum atomic E-state index is -3.51. The van der Waals surface area contributed by atoms with Gasteiger partial charge in [-0.1, -0.05) is 74.0 Å². The maximum absolute atomic E-state index is 13.5. The first-order chi connectivity index (χ1) is 20.2. The second-order valence-electron chi connectivity index (χ2n) is 10.4. The van der Waals surface area contributed by atoms with Gasteiger partial charge in [-0.2, -0.15) is 16.1 Å². The Morgan fingerprint density at radius 2 is 1.67 bits per heavy atom. The molecule has 1 atom stereocenters. The van der Waals surface area contributed by atoms with Crippen LogP contribution in [0, 0.1) is 6.92 Å². The molecule has 0 bridgehead atoms. The van der Waals surface area contributed by atoms with E-state index in [4.69, 9.17) is 0 Å². The molecule has 3 aromatic rings. The number of hydrogen-bond donors (Lipinski definition) is 2. The van der Waals surface area contributed by atoms with Crippen LogP contribution >= 0.6 is 11.8 Å². The monoisotopic (exact) mass is 610 g/mol. The Bertz CT molecular complexity index is 1430. The molecule has 226 valence electrons. The smallest absolute Gasteiger partial charge is 0.326 e. The topological polar surface area (TPSA) is 104 Å². The lowest BCUT2D eigenvalue weighted by Gasteiger charge is -2.23. The predicted molar refractivity (Wildman–Crippen MR) is 172 cm³/mol. The first kappa shape index (κ1) is 33.4. The number of carboxylic acid groups (broad SMARTS) is 1. The second-order valence-corrected chi connectivity index (χ2v) is 13.5. The lowest BCUT2D eigenvalue weighted by molar-refractivity contribution is -0.139. The summed E-state index contributed by atoms with van der Waals surface area (Å²) in [5.74, 6) is -0.640. The van der Waals surface area contributed by atoms with Crippen LogP contribution in [-0.2, 0) is 27.8 Å². The maximum Gasteiger partial charge on any atom is 0.326 e. The third-order valence-electron chi connectivity index (χ3n) is 7.21. The van der Waals surface area contributed by atoms with E-state index in [1.165, 1.54) is 0 Å². The van der Waals surface area contributed by atoms with E-state index in [0.29, 0.717) is 43.4 Å². The number of unbranched alkanes of at least 4 members (excludes halogenated alkanes) is 1. The molecule has 3 aromatic carbocycles. The molecule has 0 aromatic heterocycles. The van der Waals surface area contributed by atoms with Crippen molar-refractivity contribution in [3.8, 4) is 11.1 Å². The molecule has 0 aliphatic heterocycles. The van der Waals surface area contributed by atoms with Crippen LogP contribution in [0.1, 0.15) is 59.7 Å². The fourth-order valence-electron chi connectivity index (χ4n) is 4.79. The number of carbonyl (C=O) groups excluding carboxylic acids is 1. The van der Waals surface area contributed by atoms with Crippen molar-refractivity contribution in [3.63, 3.8) is 0 Å². The van der Waals surface area contributed by atoms with Gasteiger partial charge in [0, 0.05) is 18.7 Å². The fraction of sp³-hybridized carbons (Fsp3) is 0.394. The number of nitrogens with one attached hydrogen (secondary N) is 1. The number of rotatable bonds is 17. The van der Waals surface area contributed by atoms with Crippen molar-refractivity contribution < 1.29 is 23.1 Å². The summed E-state index contributed by atoms with van der Waals surface area (Å²) in [4.78, 5) is 25.4. The first-order valence-corrected chi connectivity index (χ1v) is 17.4. The van der Waals surface area contributed by atoms with Crippen LogP contribution in [0.3, 0.4) is 0 Å². The highest BCUT2D eigenvalue weighted by atomic mass is 32.2. The molecule has 0 saturated heterocycles. The predicted octanol–water partition coefficient (Wildman–Crippen LogP) is 6.16. The zero-order valence-electron chi connectivity index (χ0n) is 24.7. The summed E-state index contributed by atoms with van der Waals surface area (Å²) in [5, 5.41) is 12.4. The van der Waals surface area contributed by atoms with Gasteiger partial charge in [-0.05, 0) is 84.6 Å². The molecular formula is C33H42N2O5S2. The van der Waals surface area contributed by atoms with E-state index in [9.17, 15) is 23.1 Å². The van der Waals surface area contributed by atoms with Crippen molar-refractivity contribution in [1.82, 2.24) is 9.62 Å². The summed E-state index contributed by atoms with van der Waals surface area (Å²) in [6, 6.07) is 21.8. The Hall–Kier alpha value is -3.14. The number of sulfonamides is 1. The summed E-state index contributed by atoms with van der Waals surface area (Å²) >= 11 is 1.63. The van der Waals surface area contributed by atoms with E-state index >= 15 is 0 Å². The normalized spacial score (nSPS) is 12.3. The summed E-state index contributed by atoms with van der Waals surface area (Å²) in [7, 11) is -3.51. The van der Waals surface area contributed by atoms with Crippen molar-refractivity contribution >= 4 is 33.7 Å². The Balaban J connectivity index is 1.96. The number of carbonyl (C=O) groups is 2. The van der Waals surface area contributed by atoms with Crippen molar-refractivity contribution in [2.45, 2.75) is 58.5 Å². The number of aliphatic carboxylic acids is 1. The molecule has 0 spiro atoms. The minimum Gasteiger partial charge on any atom is -0.480 e. The molecule has 3 rings (SSSR count). The third-order valence-corrected chi connectivity index (χ3v) is 9.81. The van der Waals surface area contributed by atoms with Gasteiger partial charge in [-0.25, -0.2) is 13.2 Å². The minimum absolute atomic E-state index is 0.0799. The number of nitrogens with zero attached hydrogens (tertiary/aromatic N) is 1. The van der Waals surface area contributed by atoms with Gasteiger partial charge >= 0.3 is 5.97 Å². The summed E-state index contributed by atoms with van der Waals surface area (Å²) in [5.41, 5.74) is 4.61. The van der Waals surface area contributed by atoms with Gasteiger partial charge < -0.3 is 10.4 Å². The van der Waals surface area contributed by atoms with Crippen molar-refractivity contribution in [1.29, 1.82) is 0 Å². The lowest BCUT2D eigenvalue weighted by atomic mass is 9.93. The highest BCUT2D eigenvalue weighted by Gasteiger charge is 2.25. The van der Waals surface area contributed by atoms with Crippen LogP contribution in [0.5, 0.6) is 0 Å². The number of carboxylic acids is 1. The van der Waals surface area contributed by atoms with Crippen LogP contribution in [0.25, 0.3) is 11.1 Å². The molecule has 0 heterocycles. The molecule has 0 aliphatic rings. The van der Waals surface area contributed by atoms with Crippen LogP contribution in [0.15, 0.2) is 72.8 Å². The van der Waals surface area contributed by atoms with E-state index in [1.807, 2.05) is 80.8 Å². The molecule has 2 N–H and O–H groups in total. The van der Waals surface area contributed by atoms with E-state index in [2.05, 4.69) is 5.32 Å².